The van der Waals surface area contributed by atoms with E-state index < -0.39 is 0 Å². The topological polar surface area (TPSA) is 49.6 Å². The second kappa shape index (κ2) is 4.70. The minimum atomic E-state index is -0.362. The van der Waals surface area contributed by atoms with E-state index in [4.69, 9.17) is 29.0 Å². The Morgan fingerprint density at radius 1 is 1.33 bits per heavy atom. The molecule has 0 aliphatic carbocycles. The first kappa shape index (κ1) is 12.1. The minimum absolute atomic E-state index is 0.334. The van der Waals surface area contributed by atoms with Crippen LogP contribution in [0.1, 0.15) is 0 Å². The van der Waals surface area contributed by atoms with Gasteiger partial charge in [0.15, 0.2) is 0 Å². The summed E-state index contributed by atoms with van der Waals surface area (Å²) in [5.74, 6) is 5.60. The fourth-order valence-corrected chi connectivity index (χ4v) is 1.49. The van der Waals surface area contributed by atoms with E-state index >= 15 is 0 Å². The van der Waals surface area contributed by atoms with Gasteiger partial charge in [-0.3, -0.25) is 0 Å². The molecule has 0 bridgehead atoms. The van der Waals surface area contributed by atoms with Crippen molar-refractivity contribution >= 4 is 34.9 Å². The molecule has 0 aliphatic heterocycles. The van der Waals surface area contributed by atoms with Gasteiger partial charge in [0, 0.05) is 19.1 Å². The van der Waals surface area contributed by atoms with Gasteiger partial charge in [0.25, 0.3) is 0 Å². The van der Waals surface area contributed by atoms with Gasteiger partial charge in [-0.05, 0) is 18.2 Å². The first-order valence-corrected chi connectivity index (χ1v) is 4.90. The Balaban J connectivity index is 3.01. The maximum atomic E-state index is 11.5. The highest BCUT2D eigenvalue weighted by atomic mass is 35.5. The first-order chi connectivity index (χ1) is 6.93. The highest BCUT2D eigenvalue weighted by Crippen LogP contribution is 2.27. The molecule has 0 aliphatic rings. The molecule has 6 heteroatoms. The summed E-state index contributed by atoms with van der Waals surface area (Å²) in [7, 11) is 3.21. The molecule has 2 N–H and O–H groups in total. The van der Waals surface area contributed by atoms with Crippen LogP contribution in [0.3, 0.4) is 0 Å². The highest BCUT2D eigenvalue weighted by Gasteiger charge is 2.16. The molecule has 0 saturated heterocycles. The van der Waals surface area contributed by atoms with E-state index in [-0.39, 0.29) is 6.03 Å². The average molecular weight is 248 g/mol. The molecule has 0 aromatic heterocycles. The average Bonchev–Trinajstić information content (AvgIpc) is 2.15. The molecule has 0 saturated carbocycles. The van der Waals surface area contributed by atoms with E-state index in [1.165, 1.54) is 11.0 Å². The van der Waals surface area contributed by atoms with Crippen LogP contribution < -0.4 is 10.9 Å². The van der Waals surface area contributed by atoms with E-state index in [9.17, 15) is 4.79 Å². The molecule has 15 heavy (non-hydrogen) atoms. The SMILES string of the molecule is CN(C)C(=O)N(N)c1ccc(Cl)cc1Cl. The summed E-state index contributed by atoms with van der Waals surface area (Å²) < 4.78 is 0. The first-order valence-electron chi connectivity index (χ1n) is 4.14. The lowest BCUT2D eigenvalue weighted by Crippen LogP contribution is -2.44. The van der Waals surface area contributed by atoms with Gasteiger partial charge in [-0.1, -0.05) is 23.2 Å². The number of benzene rings is 1. The molecule has 0 atom stereocenters. The molecule has 0 fully saturated rings. The quantitative estimate of drug-likeness (QED) is 0.471. The Morgan fingerprint density at radius 3 is 2.40 bits per heavy atom. The summed E-state index contributed by atoms with van der Waals surface area (Å²) in [6.07, 6.45) is 0. The van der Waals surface area contributed by atoms with Crippen molar-refractivity contribution in [3.8, 4) is 0 Å². The molecular formula is C9H11Cl2N3O. The van der Waals surface area contributed by atoms with E-state index in [2.05, 4.69) is 0 Å². The summed E-state index contributed by atoms with van der Waals surface area (Å²) in [4.78, 5) is 12.9. The zero-order chi connectivity index (χ0) is 11.6. The lowest BCUT2D eigenvalue weighted by atomic mass is 10.3. The van der Waals surface area contributed by atoms with Crippen LogP contribution in [0.25, 0.3) is 0 Å². The summed E-state index contributed by atoms with van der Waals surface area (Å²) >= 11 is 11.6. The Kier molecular flexibility index (Phi) is 3.79. The third kappa shape index (κ3) is 2.75. The molecule has 1 rings (SSSR count). The molecule has 1 aromatic carbocycles. The van der Waals surface area contributed by atoms with Crippen LogP contribution in [0.5, 0.6) is 0 Å². The molecule has 2 amide bonds. The van der Waals surface area contributed by atoms with Gasteiger partial charge in [-0.25, -0.2) is 15.6 Å². The predicted molar refractivity (Wildman–Crippen MR) is 62.2 cm³/mol. The number of anilines is 1. The number of hydrazine groups is 1. The molecule has 4 nitrogen and oxygen atoms in total. The second-order valence-corrected chi connectivity index (χ2v) is 3.99. The van der Waals surface area contributed by atoms with Crippen LogP contribution in [0.15, 0.2) is 18.2 Å². The maximum Gasteiger partial charge on any atom is 0.338 e. The summed E-state index contributed by atoms with van der Waals surface area (Å²) in [5.41, 5.74) is 0.416. The Bertz CT molecular complexity index is 382. The van der Waals surface area contributed by atoms with E-state index in [0.717, 1.165) is 5.01 Å². The predicted octanol–water partition coefficient (Wildman–Crippen LogP) is 2.36. The van der Waals surface area contributed by atoms with Gasteiger partial charge in [0.2, 0.25) is 0 Å². The molecule has 0 heterocycles. The summed E-state index contributed by atoms with van der Waals surface area (Å²) in [6, 6.07) is 4.37. The smallest absolute Gasteiger partial charge is 0.329 e. The van der Waals surface area contributed by atoms with Gasteiger partial charge in [-0.15, -0.1) is 0 Å². The zero-order valence-corrected chi connectivity index (χ0v) is 9.88. The Hall–Kier alpha value is -0.970. The second-order valence-electron chi connectivity index (χ2n) is 3.14. The van der Waals surface area contributed by atoms with Gasteiger partial charge >= 0.3 is 6.03 Å². The molecular weight excluding hydrogens is 237 g/mol. The van der Waals surface area contributed by atoms with Crippen molar-refractivity contribution in [3.05, 3.63) is 28.2 Å². The van der Waals surface area contributed by atoms with Gasteiger partial charge in [-0.2, -0.15) is 0 Å². The third-order valence-corrected chi connectivity index (χ3v) is 2.30. The van der Waals surface area contributed by atoms with Crippen molar-refractivity contribution in [3.63, 3.8) is 0 Å². The minimum Gasteiger partial charge on any atom is -0.329 e. The zero-order valence-electron chi connectivity index (χ0n) is 8.37. The number of nitrogens with zero attached hydrogens (tertiary/aromatic N) is 2. The number of amides is 2. The number of halogens is 2. The van der Waals surface area contributed by atoms with Gasteiger partial charge in [0.1, 0.15) is 0 Å². The van der Waals surface area contributed by atoms with Crippen LogP contribution in [-0.2, 0) is 0 Å². The van der Waals surface area contributed by atoms with Crippen LogP contribution in [0.4, 0.5) is 10.5 Å². The third-order valence-electron chi connectivity index (χ3n) is 1.76. The van der Waals surface area contributed by atoms with Crippen molar-refractivity contribution in [2.24, 2.45) is 5.84 Å². The molecule has 82 valence electrons. The maximum absolute atomic E-state index is 11.5. The van der Waals surface area contributed by atoms with Crippen molar-refractivity contribution < 1.29 is 4.79 Å². The van der Waals surface area contributed by atoms with Crippen molar-refractivity contribution in [1.82, 2.24) is 4.90 Å². The van der Waals surface area contributed by atoms with Gasteiger partial charge < -0.3 is 4.90 Å². The number of carbonyl (C=O) groups excluding carboxylic acids is 1. The van der Waals surface area contributed by atoms with Crippen molar-refractivity contribution in [1.29, 1.82) is 0 Å². The standard InChI is InChI=1S/C9H11Cl2N3O/c1-13(2)9(15)14(12)8-4-3-6(10)5-7(8)11/h3-5H,12H2,1-2H3. The van der Waals surface area contributed by atoms with E-state index in [0.29, 0.717) is 15.7 Å². The number of hydrogen-bond acceptors (Lipinski definition) is 2. The molecule has 1 aromatic rings. The fraction of sp³-hybridized carbons (Fsp3) is 0.222. The highest BCUT2D eigenvalue weighted by molar-refractivity contribution is 6.36. The molecule has 0 radical (unpaired) electrons. The van der Waals surface area contributed by atoms with Crippen LogP contribution in [-0.4, -0.2) is 25.0 Å². The van der Waals surface area contributed by atoms with Crippen LogP contribution in [0.2, 0.25) is 10.0 Å². The van der Waals surface area contributed by atoms with Crippen LogP contribution in [0, 0.1) is 0 Å². The Labute approximate surface area is 98.1 Å². The normalized spacial score (nSPS) is 9.93. The summed E-state index contributed by atoms with van der Waals surface area (Å²) in [6.45, 7) is 0. The number of urea groups is 1. The van der Waals surface area contributed by atoms with Gasteiger partial charge in [0.05, 0.1) is 10.7 Å². The number of carbonyl (C=O) groups is 1. The van der Waals surface area contributed by atoms with Crippen molar-refractivity contribution in [2.75, 3.05) is 19.1 Å². The molecule has 0 unspecified atom stereocenters. The van der Waals surface area contributed by atoms with Crippen LogP contribution >= 0.6 is 23.2 Å². The van der Waals surface area contributed by atoms with E-state index in [1.54, 1.807) is 26.2 Å². The lowest BCUT2D eigenvalue weighted by molar-refractivity contribution is 0.224. The monoisotopic (exact) mass is 247 g/mol. The molecule has 0 spiro atoms. The Morgan fingerprint density at radius 2 is 1.93 bits per heavy atom. The number of nitrogens with two attached hydrogens (primary N) is 1. The number of rotatable bonds is 1. The largest absolute Gasteiger partial charge is 0.338 e. The van der Waals surface area contributed by atoms with E-state index in [1.807, 2.05) is 0 Å². The van der Waals surface area contributed by atoms with Crippen molar-refractivity contribution in [2.45, 2.75) is 0 Å². The fourth-order valence-electron chi connectivity index (χ4n) is 0.995. The summed E-state index contributed by atoms with van der Waals surface area (Å²) in [5, 5.41) is 1.80. The lowest BCUT2D eigenvalue weighted by Gasteiger charge is -2.21. The number of hydrogen-bond donors (Lipinski definition) is 1.